The summed E-state index contributed by atoms with van der Waals surface area (Å²) in [4.78, 5) is 0. The van der Waals surface area contributed by atoms with E-state index in [9.17, 15) is 0 Å². The molecule has 1 aromatic rings. The van der Waals surface area contributed by atoms with Crippen LogP contribution >= 0.6 is 27.5 Å². The summed E-state index contributed by atoms with van der Waals surface area (Å²) in [5.74, 6) is 0.502. The van der Waals surface area contributed by atoms with Crippen molar-refractivity contribution in [2.45, 2.75) is 0 Å². The van der Waals surface area contributed by atoms with E-state index in [1.54, 1.807) is 18.2 Å². The summed E-state index contributed by atoms with van der Waals surface area (Å²) in [5.41, 5.74) is 0.485. The molecule has 62 valence electrons. The Labute approximate surface area is 83.8 Å². The maximum Gasteiger partial charge on any atom is 0.162 e. The average Bonchev–Trinajstić information content (AvgIpc) is 2.05. The first kappa shape index (κ1) is 9.37. The molecule has 0 aliphatic rings. The summed E-state index contributed by atoms with van der Waals surface area (Å²) in [5, 5.41) is 8.65. The van der Waals surface area contributed by atoms with E-state index in [4.69, 9.17) is 21.6 Å². The number of halogens is 2. The topological polar surface area (TPSA) is 33.0 Å². The van der Waals surface area contributed by atoms with Crippen molar-refractivity contribution in [3.63, 3.8) is 0 Å². The van der Waals surface area contributed by atoms with Crippen molar-refractivity contribution in [2.24, 2.45) is 0 Å². The molecule has 12 heavy (non-hydrogen) atoms. The average molecular weight is 246 g/mol. The van der Waals surface area contributed by atoms with Crippen molar-refractivity contribution in [2.75, 3.05) is 6.07 Å². The first-order chi connectivity index (χ1) is 5.77. The van der Waals surface area contributed by atoms with E-state index in [-0.39, 0.29) is 6.07 Å². The number of benzene rings is 1. The molecule has 0 amide bonds. The van der Waals surface area contributed by atoms with Crippen LogP contribution in [0.5, 0.6) is 5.75 Å². The Bertz CT molecular complexity index is 321. The fourth-order valence-corrected chi connectivity index (χ4v) is 1.22. The predicted octanol–water partition coefficient (Wildman–Crippen LogP) is 2.90. The minimum Gasteiger partial charge on any atom is -0.476 e. The first-order valence-corrected chi connectivity index (χ1v) is 4.49. The summed E-state index contributed by atoms with van der Waals surface area (Å²) in [6.45, 7) is 0. The van der Waals surface area contributed by atoms with E-state index in [0.29, 0.717) is 11.3 Å². The van der Waals surface area contributed by atoms with Gasteiger partial charge in [0, 0.05) is 4.47 Å². The van der Waals surface area contributed by atoms with Gasteiger partial charge in [-0.2, -0.15) is 5.26 Å². The Morgan fingerprint density at radius 3 is 2.92 bits per heavy atom. The molecule has 0 saturated heterocycles. The standard InChI is InChI=1S/C8H5BrClNO/c9-7-2-1-6(4-11)8(3-7)12-5-10/h1-3H,5H2. The van der Waals surface area contributed by atoms with Crippen LogP contribution in [-0.2, 0) is 0 Å². The lowest BCUT2D eigenvalue weighted by Gasteiger charge is -2.03. The molecule has 2 nitrogen and oxygen atoms in total. The highest BCUT2D eigenvalue weighted by molar-refractivity contribution is 9.10. The van der Waals surface area contributed by atoms with E-state index in [1.807, 2.05) is 6.07 Å². The summed E-state index contributed by atoms with van der Waals surface area (Å²) in [7, 11) is 0. The van der Waals surface area contributed by atoms with E-state index in [0.717, 1.165) is 4.47 Å². The number of alkyl halides is 1. The van der Waals surface area contributed by atoms with Crippen LogP contribution in [0, 0.1) is 11.3 Å². The van der Waals surface area contributed by atoms with Crippen LogP contribution in [0.15, 0.2) is 22.7 Å². The van der Waals surface area contributed by atoms with Crippen molar-refractivity contribution in [3.8, 4) is 11.8 Å². The monoisotopic (exact) mass is 245 g/mol. The minimum atomic E-state index is 0.0468. The molecule has 0 heterocycles. The maximum absolute atomic E-state index is 8.65. The second-order valence-corrected chi connectivity index (χ2v) is 3.14. The van der Waals surface area contributed by atoms with Crippen molar-refractivity contribution in [1.82, 2.24) is 0 Å². The van der Waals surface area contributed by atoms with Gasteiger partial charge in [-0.25, -0.2) is 0 Å². The van der Waals surface area contributed by atoms with Gasteiger partial charge < -0.3 is 4.74 Å². The summed E-state index contributed by atoms with van der Waals surface area (Å²) >= 11 is 8.63. The third-order valence-corrected chi connectivity index (χ3v) is 1.88. The lowest BCUT2D eigenvalue weighted by molar-refractivity contribution is 0.386. The zero-order valence-electron chi connectivity index (χ0n) is 6.05. The first-order valence-electron chi connectivity index (χ1n) is 3.16. The van der Waals surface area contributed by atoms with Crippen LogP contribution < -0.4 is 4.74 Å². The molecule has 0 aromatic heterocycles. The van der Waals surface area contributed by atoms with E-state index < -0.39 is 0 Å². The molecule has 1 rings (SSSR count). The van der Waals surface area contributed by atoms with Gasteiger partial charge in [0.1, 0.15) is 11.8 Å². The van der Waals surface area contributed by atoms with E-state index in [2.05, 4.69) is 15.9 Å². The number of ether oxygens (including phenoxy) is 1. The van der Waals surface area contributed by atoms with Gasteiger partial charge in [-0.05, 0) is 18.2 Å². The molecule has 0 aliphatic carbocycles. The molecular weight excluding hydrogens is 241 g/mol. The molecule has 0 unspecified atom stereocenters. The number of nitriles is 1. The van der Waals surface area contributed by atoms with Gasteiger partial charge in [-0.1, -0.05) is 27.5 Å². The highest BCUT2D eigenvalue weighted by atomic mass is 79.9. The van der Waals surface area contributed by atoms with Gasteiger partial charge in [-0.15, -0.1) is 0 Å². The van der Waals surface area contributed by atoms with Crippen LogP contribution in [0.2, 0.25) is 0 Å². The highest BCUT2D eigenvalue weighted by Gasteiger charge is 2.02. The van der Waals surface area contributed by atoms with Gasteiger partial charge in [-0.3, -0.25) is 0 Å². The fourth-order valence-electron chi connectivity index (χ4n) is 0.767. The molecule has 0 bridgehead atoms. The number of nitrogens with zero attached hydrogens (tertiary/aromatic N) is 1. The number of hydrogen-bond acceptors (Lipinski definition) is 2. The molecule has 0 spiro atoms. The van der Waals surface area contributed by atoms with Crippen LogP contribution in [0.4, 0.5) is 0 Å². The van der Waals surface area contributed by atoms with Gasteiger partial charge in [0.2, 0.25) is 0 Å². The zero-order chi connectivity index (χ0) is 8.97. The van der Waals surface area contributed by atoms with Crippen molar-refractivity contribution < 1.29 is 4.74 Å². The van der Waals surface area contributed by atoms with E-state index >= 15 is 0 Å². The van der Waals surface area contributed by atoms with Crippen LogP contribution in [0.1, 0.15) is 5.56 Å². The molecule has 0 aliphatic heterocycles. The van der Waals surface area contributed by atoms with Crippen molar-refractivity contribution in [3.05, 3.63) is 28.2 Å². The highest BCUT2D eigenvalue weighted by Crippen LogP contribution is 2.23. The normalized spacial score (nSPS) is 9.08. The molecule has 0 N–H and O–H groups in total. The Morgan fingerprint density at radius 2 is 2.33 bits per heavy atom. The number of rotatable bonds is 2. The lowest BCUT2D eigenvalue weighted by atomic mass is 10.2. The summed E-state index contributed by atoms with van der Waals surface area (Å²) < 4.78 is 5.88. The third-order valence-electron chi connectivity index (χ3n) is 1.27. The maximum atomic E-state index is 8.65. The van der Waals surface area contributed by atoms with Crippen LogP contribution in [0.3, 0.4) is 0 Å². The Kier molecular flexibility index (Phi) is 3.39. The van der Waals surface area contributed by atoms with Gasteiger partial charge in [0.15, 0.2) is 6.07 Å². The van der Waals surface area contributed by atoms with Crippen molar-refractivity contribution >= 4 is 27.5 Å². The largest absolute Gasteiger partial charge is 0.476 e. The molecule has 0 saturated carbocycles. The molecule has 0 atom stereocenters. The Morgan fingerprint density at radius 1 is 1.58 bits per heavy atom. The molecular formula is C8H5BrClNO. The molecule has 4 heteroatoms. The van der Waals surface area contributed by atoms with Crippen molar-refractivity contribution in [1.29, 1.82) is 5.26 Å². The predicted molar refractivity (Wildman–Crippen MR) is 50.2 cm³/mol. The second kappa shape index (κ2) is 4.34. The molecule has 1 aromatic carbocycles. The zero-order valence-corrected chi connectivity index (χ0v) is 8.39. The summed E-state index contributed by atoms with van der Waals surface area (Å²) in [6, 6.07) is 7.21. The molecule has 0 radical (unpaired) electrons. The van der Waals surface area contributed by atoms with Crippen LogP contribution in [0.25, 0.3) is 0 Å². The SMILES string of the molecule is N#Cc1ccc(Br)cc1OCCl. The van der Waals surface area contributed by atoms with E-state index in [1.165, 1.54) is 0 Å². The summed E-state index contributed by atoms with van der Waals surface area (Å²) in [6.07, 6.45) is 0. The third kappa shape index (κ3) is 2.13. The fraction of sp³-hybridized carbons (Fsp3) is 0.125. The van der Waals surface area contributed by atoms with Crippen LogP contribution in [-0.4, -0.2) is 6.07 Å². The quantitative estimate of drug-likeness (QED) is 0.752. The van der Waals surface area contributed by atoms with Gasteiger partial charge >= 0.3 is 0 Å². The lowest BCUT2D eigenvalue weighted by Crippen LogP contribution is -1.91. The Balaban J connectivity index is 3.06. The van der Waals surface area contributed by atoms with Gasteiger partial charge in [0.25, 0.3) is 0 Å². The molecule has 0 fully saturated rings. The minimum absolute atomic E-state index is 0.0468. The smallest absolute Gasteiger partial charge is 0.162 e. The Hall–Kier alpha value is -0.720. The second-order valence-electron chi connectivity index (χ2n) is 2.01. The van der Waals surface area contributed by atoms with Gasteiger partial charge in [0.05, 0.1) is 5.56 Å². The number of hydrogen-bond donors (Lipinski definition) is 0.